The largest absolute Gasteiger partial charge is 0.372 e. The summed E-state index contributed by atoms with van der Waals surface area (Å²) in [5.74, 6) is 0. The number of aliphatic hydroxyl groups is 2. The SMILES string of the molecule is CC(O)N=CC=NC(C)O. The molecule has 0 aliphatic carbocycles. The molecule has 0 aromatic heterocycles. The Morgan fingerprint density at radius 1 is 1.00 bits per heavy atom. The molecule has 0 fully saturated rings. The number of aliphatic imine (C=N–C) groups is 2. The van der Waals surface area contributed by atoms with E-state index in [4.69, 9.17) is 10.2 Å². The van der Waals surface area contributed by atoms with Crippen LogP contribution in [0.2, 0.25) is 0 Å². The first kappa shape index (κ1) is 9.26. The van der Waals surface area contributed by atoms with Crippen LogP contribution in [-0.4, -0.2) is 35.1 Å². The van der Waals surface area contributed by atoms with Gasteiger partial charge in [-0.05, 0) is 13.8 Å². The van der Waals surface area contributed by atoms with Gasteiger partial charge in [0.15, 0.2) is 0 Å². The van der Waals surface area contributed by atoms with Crippen molar-refractivity contribution in [1.29, 1.82) is 0 Å². The number of hydrogen-bond donors (Lipinski definition) is 2. The van der Waals surface area contributed by atoms with Crippen LogP contribution in [0, 0.1) is 0 Å². The highest BCUT2D eigenvalue weighted by Gasteiger charge is 1.83. The zero-order chi connectivity index (χ0) is 7.98. The predicted octanol–water partition coefficient (Wildman–Crippen LogP) is -0.195. The second-order valence-electron chi connectivity index (χ2n) is 1.86. The van der Waals surface area contributed by atoms with Crippen molar-refractivity contribution in [3.8, 4) is 0 Å². The Kier molecular flexibility index (Phi) is 4.70. The first-order valence-electron chi connectivity index (χ1n) is 3.04. The average molecular weight is 144 g/mol. The highest BCUT2D eigenvalue weighted by atomic mass is 16.3. The van der Waals surface area contributed by atoms with E-state index in [1.807, 2.05) is 0 Å². The van der Waals surface area contributed by atoms with E-state index in [-0.39, 0.29) is 0 Å². The van der Waals surface area contributed by atoms with Gasteiger partial charge in [0.2, 0.25) is 0 Å². The Morgan fingerprint density at radius 2 is 1.30 bits per heavy atom. The lowest BCUT2D eigenvalue weighted by Gasteiger charge is -1.91. The fraction of sp³-hybridized carbons (Fsp3) is 0.667. The molecular formula is C6H12N2O2. The van der Waals surface area contributed by atoms with Crippen molar-refractivity contribution < 1.29 is 10.2 Å². The average Bonchev–Trinajstić information content (AvgIpc) is 1.79. The van der Waals surface area contributed by atoms with Crippen molar-refractivity contribution in [2.24, 2.45) is 9.98 Å². The van der Waals surface area contributed by atoms with E-state index in [0.717, 1.165) is 0 Å². The lowest BCUT2D eigenvalue weighted by atomic mass is 10.6. The zero-order valence-corrected chi connectivity index (χ0v) is 6.10. The van der Waals surface area contributed by atoms with Crippen molar-refractivity contribution >= 4 is 12.4 Å². The molecule has 2 atom stereocenters. The Morgan fingerprint density at radius 3 is 1.50 bits per heavy atom. The van der Waals surface area contributed by atoms with Crippen molar-refractivity contribution in [2.75, 3.05) is 0 Å². The van der Waals surface area contributed by atoms with Gasteiger partial charge in [-0.15, -0.1) is 0 Å². The van der Waals surface area contributed by atoms with E-state index < -0.39 is 12.5 Å². The molecule has 0 spiro atoms. The van der Waals surface area contributed by atoms with Crippen LogP contribution < -0.4 is 0 Å². The number of rotatable bonds is 3. The van der Waals surface area contributed by atoms with Gasteiger partial charge in [-0.2, -0.15) is 0 Å². The predicted molar refractivity (Wildman–Crippen MR) is 40.3 cm³/mol. The molecule has 0 aliphatic heterocycles. The van der Waals surface area contributed by atoms with Crippen LogP contribution in [-0.2, 0) is 0 Å². The van der Waals surface area contributed by atoms with Crippen molar-refractivity contribution in [1.82, 2.24) is 0 Å². The summed E-state index contributed by atoms with van der Waals surface area (Å²) in [6, 6.07) is 0. The third-order valence-corrected chi connectivity index (χ3v) is 0.670. The third kappa shape index (κ3) is 7.26. The molecule has 2 unspecified atom stereocenters. The second-order valence-corrected chi connectivity index (χ2v) is 1.86. The lowest BCUT2D eigenvalue weighted by molar-refractivity contribution is 0.204. The summed E-state index contributed by atoms with van der Waals surface area (Å²) in [6.45, 7) is 3.07. The normalized spacial score (nSPS) is 18.4. The molecular weight excluding hydrogens is 132 g/mol. The number of hydrogen-bond acceptors (Lipinski definition) is 4. The summed E-state index contributed by atoms with van der Waals surface area (Å²) < 4.78 is 0. The molecule has 2 N–H and O–H groups in total. The smallest absolute Gasteiger partial charge is 0.142 e. The highest BCUT2D eigenvalue weighted by molar-refractivity contribution is 6.16. The van der Waals surface area contributed by atoms with Crippen molar-refractivity contribution in [2.45, 2.75) is 26.3 Å². The van der Waals surface area contributed by atoms with Crippen LogP contribution >= 0.6 is 0 Å². The fourth-order valence-corrected chi connectivity index (χ4v) is 0.326. The third-order valence-electron chi connectivity index (χ3n) is 0.670. The second kappa shape index (κ2) is 5.08. The maximum atomic E-state index is 8.60. The minimum absolute atomic E-state index is 0.708. The van der Waals surface area contributed by atoms with Gasteiger partial charge in [-0.1, -0.05) is 0 Å². The molecule has 0 aromatic carbocycles. The zero-order valence-electron chi connectivity index (χ0n) is 6.10. The molecule has 0 rings (SSSR count). The van der Waals surface area contributed by atoms with Crippen LogP contribution in [0.5, 0.6) is 0 Å². The molecule has 0 aromatic rings. The van der Waals surface area contributed by atoms with Gasteiger partial charge < -0.3 is 10.2 Å². The molecule has 58 valence electrons. The molecule has 0 amide bonds. The molecule has 4 heteroatoms. The van der Waals surface area contributed by atoms with Gasteiger partial charge in [-0.25, -0.2) is 0 Å². The maximum absolute atomic E-state index is 8.60. The summed E-state index contributed by atoms with van der Waals surface area (Å²) in [4.78, 5) is 7.13. The van der Waals surface area contributed by atoms with Crippen LogP contribution in [0.15, 0.2) is 9.98 Å². The van der Waals surface area contributed by atoms with Gasteiger partial charge >= 0.3 is 0 Å². The standard InChI is InChI=1S/C6H12N2O2/c1-5(9)7-3-4-8-6(2)10/h3-6,9-10H,1-2H3. The topological polar surface area (TPSA) is 65.2 Å². The minimum Gasteiger partial charge on any atom is -0.372 e. The molecule has 0 radical (unpaired) electrons. The van der Waals surface area contributed by atoms with Gasteiger partial charge in [0.05, 0.1) is 0 Å². The van der Waals surface area contributed by atoms with Crippen LogP contribution in [0.4, 0.5) is 0 Å². The summed E-state index contributed by atoms with van der Waals surface area (Å²) in [5.41, 5.74) is 0. The van der Waals surface area contributed by atoms with E-state index in [2.05, 4.69) is 9.98 Å². The quantitative estimate of drug-likeness (QED) is 0.539. The Bertz CT molecular complexity index is 114. The molecule has 0 heterocycles. The van der Waals surface area contributed by atoms with Gasteiger partial charge in [0.25, 0.3) is 0 Å². The first-order chi connectivity index (χ1) is 4.63. The number of aliphatic hydroxyl groups excluding tert-OH is 2. The summed E-state index contributed by atoms with van der Waals surface area (Å²) in [5, 5.41) is 17.2. The van der Waals surface area contributed by atoms with Crippen molar-refractivity contribution in [3.63, 3.8) is 0 Å². The van der Waals surface area contributed by atoms with Gasteiger partial charge in [0, 0.05) is 12.4 Å². The van der Waals surface area contributed by atoms with E-state index in [1.54, 1.807) is 0 Å². The summed E-state index contributed by atoms with van der Waals surface area (Å²) in [6.07, 6.45) is 1.27. The van der Waals surface area contributed by atoms with E-state index in [9.17, 15) is 0 Å². The monoisotopic (exact) mass is 144 g/mol. The Labute approximate surface area is 59.9 Å². The molecule has 10 heavy (non-hydrogen) atoms. The summed E-state index contributed by atoms with van der Waals surface area (Å²) in [7, 11) is 0. The molecule has 0 bridgehead atoms. The molecule has 4 nitrogen and oxygen atoms in total. The molecule has 0 saturated heterocycles. The van der Waals surface area contributed by atoms with Crippen LogP contribution in [0.1, 0.15) is 13.8 Å². The first-order valence-corrected chi connectivity index (χ1v) is 3.04. The van der Waals surface area contributed by atoms with Gasteiger partial charge in [0.1, 0.15) is 12.5 Å². The van der Waals surface area contributed by atoms with E-state index in [0.29, 0.717) is 0 Å². The van der Waals surface area contributed by atoms with E-state index >= 15 is 0 Å². The Hall–Kier alpha value is -0.740. The van der Waals surface area contributed by atoms with Crippen LogP contribution in [0.25, 0.3) is 0 Å². The fourth-order valence-electron chi connectivity index (χ4n) is 0.326. The number of nitrogens with zero attached hydrogens (tertiary/aromatic N) is 2. The van der Waals surface area contributed by atoms with Crippen molar-refractivity contribution in [3.05, 3.63) is 0 Å². The van der Waals surface area contributed by atoms with E-state index in [1.165, 1.54) is 26.3 Å². The lowest BCUT2D eigenvalue weighted by Crippen LogP contribution is -1.97. The van der Waals surface area contributed by atoms with Crippen LogP contribution in [0.3, 0.4) is 0 Å². The maximum Gasteiger partial charge on any atom is 0.142 e. The molecule has 0 saturated carbocycles. The minimum atomic E-state index is -0.708. The molecule has 0 aliphatic rings. The van der Waals surface area contributed by atoms with Gasteiger partial charge in [-0.3, -0.25) is 9.98 Å². The Balaban J connectivity index is 3.52. The highest BCUT2D eigenvalue weighted by Crippen LogP contribution is 1.79. The summed E-state index contributed by atoms with van der Waals surface area (Å²) >= 11 is 0.